The van der Waals surface area contributed by atoms with Crippen LogP contribution in [0, 0.1) is 5.92 Å². The highest BCUT2D eigenvalue weighted by atomic mass is 16.5. The zero-order valence-electron chi connectivity index (χ0n) is 9.87. The summed E-state index contributed by atoms with van der Waals surface area (Å²) in [4.78, 5) is 15.3. The van der Waals surface area contributed by atoms with E-state index in [9.17, 15) is 4.79 Å². The van der Waals surface area contributed by atoms with Crippen molar-refractivity contribution in [3.8, 4) is 0 Å². The lowest BCUT2D eigenvalue weighted by molar-refractivity contribution is 0.0697. The second kappa shape index (κ2) is 4.42. The van der Waals surface area contributed by atoms with Crippen molar-refractivity contribution in [3.05, 3.63) is 30.1 Å². The minimum absolute atomic E-state index is 0.298. The van der Waals surface area contributed by atoms with Gasteiger partial charge in [-0.2, -0.15) is 0 Å². The molecule has 1 N–H and O–H groups in total. The van der Waals surface area contributed by atoms with Gasteiger partial charge in [0, 0.05) is 19.1 Å². The second-order valence-corrected chi connectivity index (χ2v) is 4.64. The Morgan fingerprint density at radius 1 is 1.56 bits per heavy atom. The van der Waals surface area contributed by atoms with E-state index in [2.05, 4.69) is 4.98 Å². The number of imidazole rings is 1. The van der Waals surface area contributed by atoms with Gasteiger partial charge in [-0.3, -0.25) is 0 Å². The molecule has 5 nitrogen and oxygen atoms in total. The van der Waals surface area contributed by atoms with Gasteiger partial charge in [0.1, 0.15) is 0 Å². The molecule has 2 aromatic rings. The number of carboxylic acid groups (broad SMARTS) is 1. The number of rotatable bonds is 3. The number of carboxylic acids is 1. The van der Waals surface area contributed by atoms with E-state index in [1.54, 1.807) is 24.5 Å². The van der Waals surface area contributed by atoms with Gasteiger partial charge in [0.05, 0.1) is 29.5 Å². The first-order valence-electron chi connectivity index (χ1n) is 6.00. The largest absolute Gasteiger partial charge is 0.478 e. The van der Waals surface area contributed by atoms with Crippen molar-refractivity contribution >= 4 is 17.0 Å². The average molecular weight is 246 g/mol. The molecule has 0 bridgehead atoms. The molecule has 1 aromatic heterocycles. The number of aromatic nitrogens is 2. The van der Waals surface area contributed by atoms with Crippen molar-refractivity contribution in [1.82, 2.24) is 9.55 Å². The first-order valence-corrected chi connectivity index (χ1v) is 6.00. The Kier molecular flexibility index (Phi) is 2.76. The van der Waals surface area contributed by atoms with Crippen LogP contribution < -0.4 is 0 Å². The van der Waals surface area contributed by atoms with Crippen LogP contribution in [0.4, 0.5) is 0 Å². The number of hydrogen-bond donors (Lipinski definition) is 1. The molecule has 18 heavy (non-hydrogen) atoms. The van der Waals surface area contributed by atoms with Crippen LogP contribution in [-0.4, -0.2) is 33.8 Å². The molecule has 5 heteroatoms. The third-order valence-corrected chi connectivity index (χ3v) is 3.35. The highest BCUT2D eigenvalue weighted by molar-refractivity contribution is 5.92. The number of ether oxygens (including phenoxy) is 1. The zero-order valence-corrected chi connectivity index (χ0v) is 9.87. The fourth-order valence-corrected chi connectivity index (χ4v) is 2.34. The molecule has 0 spiro atoms. The fraction of sp³-hybridized carbons (Fsp3) is 0.385. The topological polar surface area (TPSA) is 64.3 Å². The van der Waals surface area contributed by atoms with Crippen molar-refractivity contribution in [2.24, 2.45) is 5.92 Å². The smallest absolute Gasteiger partial charge is 0.335 e. The molecule has 1 unspecified atom stereocenters. The normalized spacial score (nSPS) is 19.4. The van der Waals surface area contributed by atoms with Crippen molar-refractivity contribution < 1.29 is 14.6 Å². The third-order valence-electron chi connectivity index (χ3n) is 3.35. The number of aromatic carboxylic acids is 1. The molecule has 1 aliphatic rings. The van der Waals surface area contributed by atoms with Gasteiger partial charge >= 0.3 is 5.97 Å². The van der Waals surface area contributed by atoms with E-state index in [1.165, 1.54) is 0 Å². The van der Waals surface area contributed by atoms with E-state index in [0.29, 0.717) is 11.5 Å². The van der Waals surface area contributed by atoms with Gasteiger partial charge in [-0.15, -0.1) is 0 Å². The first-order chi connectivity index (χ1) is 8.74. The van der Waals surface area contributed by atoms with Gasteiger partial charge < -0.3 is 14.4 Å². The quantitative estimate of drug-likeness (QED) is 0.896. The highest BCUT2D eigenvalue weighted by Crippen LogP contribution is 2.20. The summed E-state index contributed by atoms with van der Waals surface area (Å²) in [6.45, 7) is 2.43. The maximum atomic E-state index is 11.0. The van der Waals surface area contributed by atoms with Gasteiger partial charge in [-0.05, 0) is 24.6 Å². The molecule has 0 amide bonds. The number of fused-ring (bicyclic) bond motifs is 1. The Bertz CT molecular complexity index is 585. The standard InChI is InChI=1S/C13H14N2O3/c16-13(17)10-1-2-11-12(5-10)15(8-14-11)6-9-3-4-18-7-9/h1-2,5,8-9H,3-4,6-7H2,(H,16,17). The molecular formula is C13H14N2O3. The Labute approximate surface area is 104 Å². The van der Waals surface area contributed by atoms with Gasteiger partial charge in [0.15, 0.2) is 0 Å². The molecular weight excluding hydrogens is 232 g/mol. The maximum Gasteiger partial charge on any atom is 0.335 e. The second-order valence-electron chi connectivity index (χ2n) is 4.64. The Balaban J connectivity index is 1.95. The maximum absolute atomic E-state index is 11.0. The minimum Gasteiger partial charge on any atom is -0.478 e. The highest BCUT2D eigenvalue weighted by Gasteiger charge is 2.17. The lowest BCUT2D eigenvalue weighted by Crippen LogP contribution is -2.09. The lowest BCUT2D eigenvalue weighted by Gasteiger charge is -2.09. The molecule has 0 saturated carbocycles. The summed E-state index contributed by atoms with van der Waals surface area (Å²) in [5.41, 5.74) is 2.01. The van der Waals surface area contributed by atoms with Gasteiger partial charge in [-0.1, -0.05) is 0 Å². The average Bonchev–Trinajstić information content (AvgIpc) is 2.99. The van der Waals surface area contributed by atoms with E-state index < -0.39 is 5.97 Å². The van der Waals surface area contributed by atoms with E-state index in [-0.39, 0.29) is 0 Å². The van der Waals surface area contributed by atoms with Gasteiger partial charge in [0.25, 0.3) is 0 Å². The van der Waals surface area contributed by atoms with Crippen LogP contribution in [0.2, 0.25) is 0 Å². The molecule has 1 aromatic carbocycles. The molecule has 94 valence electrons. The van der Waals surface area contributed by atoms with Crippen LogP contribution in [0.15, 0.2) is 24.5 Å². The summed E-state index contributed by atoms with van der Waals surface area (Å²) in [7, 11) is 0. The van der Waals surface area contributed by atoms with Crippen molar-refractivity contribution in [2.75, 3.05) is 13.2 Å². The van der Waals surface area contributed by atoms with E-state index in [0.717, 1.165) is 37.2 Å². The summed E-state index contributed by atoms with van der Waals surface area (Å²) >= 11 is 0. The monoisotopic (exact) mass is 246 g/mol. The summed E-state index contributed by atoms with van der Waals surface area (Å²) < 4.78 is 7.37. The predicted octanol–water partition coefficient (Wildman–Crippen LogP) is 1.77. The zero-order chi connectivity index (χ0) is 12.5. The Morgan fingerprint density at radius 2 is 2.44 bits per heavy atom. The molecule has 1 saturated heterocycles. The third kappa shape index (κ3) is 1.97. The van der Waals surface area contributed by atoms with Crippen LogP contribution in [0.1, 0.15) is 16.8 Å². The first kappa shape index (κ1) is 11.2. The van der Waals surface area contributed by atoms with E-state index in [4.69, 9.17) is 9.84 Å². The summed E-state index contributed by atoms with van der Waals surface area (Å²) in [5, 5.41) is 9.01. The fourth-order valence-electron chi connectivity index (χ4n) is 2.34. The van der Waals surface area contributed by atoms with Gasteiger partial charge in [0.2, 0.25) is 0 Å². The Hall–Kier alpha value is -1.88. The minimum atomic E-state index is -0.908. The Morgan fingerprint density at radius 3 is 3.17 bits per heavy atom. The van der Waals surface area contributed by atoms with E-state index >= 15 is 0 Å². The summed E-state index contributed by atoms with van der Waals surface area (Å²) in [6.07, 6.45) is 2.83. The van der Waals surface area contributed by atoms with Crippen LogP contribution in [0.5, 0.6) is 0 Å². The number of hydrogen-bond acceptors (Lipinski definition) is 3. The van der Waals surface area contributed by atoms with Crippen LogP contribution in [0.3, 0.4) is 0 Å². The molecule has 1 fully saturated rings. The molecule has 0 radical (unpaired) electrons. The predicted molar refractivity (Wildman–Crippen MR) is 65.6 cm³/mol. The van der Waals surface area contributed by atoms with Gasteiger partial charge in [-0.25, -0.2) is 9.78 Å². The SMILES string of the molecule is O=C(O)c1ccc2ncn(CC3CCOC3)c2c1. The van der Waals surface area contributed by atoms with Crippen LogP contribution in [0.25, 0.3) is 11.0 Å². The number of carbonyl (C=O) groups is 1. The molecule has 0 aliphatic carbocycles. The van der Waals surface area contributed by atoms with Crippen LogP contribution >= 0.6 is 0 Å². The number of benzene rings is 1. The summed E-state index contributed by atoms with van der Waals surface area (Å²) in [5.74, 6) is -0.412. The summed E-state index contributed by atoms with van der Waals surface area (Å²) in [6, 6.07) is 5.02. The molecule has 1 atom stereocenters. The molecule has 2 heterocycles. The van der Waals surface area contributed by atoms with Crippen LogP contribution in [-0.2, 0) is 11.3 Å². The van der Waals surface area contributed by atoms with Crippen molar-refractivity contribution in [2.45, 2.75) is 13.0 Å². The van der Waals surface area contributed by atoms with Crippen molar-refractivity contribution in [3.63, 3.8) is 0 Å². The number of nitrogens with zero attached hydrogens (tertiary/aromatic N) is 2. The molecule has 3 rings (SSSR count). The van der Waals surface area contributed by atoms with E-state index in [1.807, 2.05) is 4.57 Å². The van der Waals surface area contributed by atoms with Crippen molar-refractivity contribution in [1.29, 1.82) is 0 Å². The molecule has 1 aliphatic heterocycles. The lowest BCUT2D eigenvalue weighted by atomic mass is 10.1.